The average molecular weight is 363 g/mol. The molecule has 1 N–H and O–H groups in total. The van der Waals surface area contributed by atoms with E-state index >= 15 is 0 Å². The highest BCUT2D eigenvalue weighted by molar-refractivity contribution is 5.93. The van der Waals surface area contributed by atoms with Crippen LogP contribution in [0.3, 0.4) is 0 Å². The van der Waals surface area contributed by atoms with Crippen molar-refractivity contribution in [3.63, 3.8) is 0 Å². The van der Waals surface area contributed by atoms with Crippen molar-refractivity contribution in [2.75, 3.05) is 19.0 Å². The highest BCUT2D eigenvalue weighted by atomic mass is 16.5. The lowest BCUT2D eigenvalue weighted by Gasteiger charge is -2.13. The van der Waals surface area contributed by atoms with Crippen molar-refractivity contribution < 1.29 is 19.0 Å². The van der Waals surface area contributed by atoms with E-state index in [9.17, 15) is 4.79 Å². The maximum atomic E-state index is 12.3. The molecule has 0 atom stereocenters. The van der Waals surface area contributed by atoms with Gasteiger partial charge in [-0.25, -0.2) is 0 Å². The van der Waals surface area contributed by atoms with E-state index in [2.05, 4.69) is 5.32 Å². The molecule has 0 aromatic heterocycles. The maximum absolute atomic E-state index is 12.3. The van der Waals surface area contributed by atoms with Crippen molar-refractivity contribution >= 4 is 11.6 Å². The molecule has 5 heteroatoms. The molecule has 1 amide bonds. The molecule has 0 fully saturated rings. The predicted molar refractivity (Wildman–Crippen MR) is 105 cm³/mol. The van der Waals surface area contributed by atoms with Gasteiger partial charge in [-0.15, -0.1) is 0 Å². The van der Waals surface area contributed by atoms with E-state index in [-0.39, 0.29) is 12.5 Å². The predicted octanol–water partition coefficient (Wildman–Crippen LogP) is 4.81. The van der Waals surface area contributed by atoms with Crippen molar-refractivity contribution in [2.24, 2.45) is 0 Å². The first kappa shape index (κ1) is 18.3. The number of hydrogen-bond acceptors (Lipinski definition) is 4. The van der Waals surface area contributed by atoms with Gasteiger partial charge < -0.3 is 19.5 Å². The summed E-state index contributed by atoms with van der Waals surface area (Å²) in [6.45, 7) is 1.86. The molecule has 0 aliphatic heterocycles. The molecule has 0 radical (unpaired) electrons. The summed E-state index contributed by atoms with van der Waals surface area (Å²) >= 11 is 0. The number of methoxy groups -OCH3 is 1. The number of rotatable bonds is 7. The molecule has 0 saturated carbocycles. The molecule has 0 unspecified atom stereocenters. The second-order valence-electron chi connectivity index (χ2n) is 5.90. The van der Waals surface area contributed by atoms with Gasteiger partial charge in [-0.3, -0.25) is 4.79 Å². The fraction of sp³-hybridized carbons (Fsp3) is 0.136. The SMILES string of the molecule is COc1ccccc1OCC(=O)Nc1ccccc1Oc1cccc(C)c1. The van der Waals surface area contributed by atoms with Crippen molar-refractivity contribution in [3.8, 4) is 23.0 Å². The summed E-state index contributed by atoms with van der Waals surface area (Å²) in [5.74, 6) is 2.07. The third kappa shape index (κ3) is 5.01. The Morgan fingerprint density at radius 3 is 2.33 bits per heavy atom. The molecule has 0 aliphatic rings. The number of ether oxygens (including phenoxy) is 3. The van der Waals surface area contributed by atoms with Crippen LogP contribution in [0.25, 0.3) is 0 Å². The molecule has 138 valence electrons. The Balaban J connectivity index is 1.66. The largest absolute Gasteiger partial charge is 0.493 e. The van der Waals surface area contributed by atoms with E-state index in [1.165, 1.54) is 0 Å². The fourth-order valence-corrected chi connectivity index (χ4v) is 2.53. The molecule has 0 saturated heterocycles. The number of hydrogen-bond donors (Lipinski definition) is 1. The molecule has 5 nitrogen and oxygen atoms in total. The number of anilines is 1. The van der Waals surface area contributed by atoms with Crippen LogP contribution in [-0.4, -0.2) is 19.6 Å². The Morgan fingerprint density at radius 1 is 0.889 bits per heavy atom. The number of amides is 1. The van der Waals surface area contributed by atoms with Gasteiger partial charge in [0.2, 0.25) is 0 Å². The number of aryl methyl sites for hydroxylation is 1. The molecule has 3 aromatic rings. The second kappa shape index (κ2) is 8.76. The van der Waals surface area contributed by atoms with Crippen LogP contribution in [-0.2, 0) is 4.79 Å². The van der Waals surface area contributed by atoms with E-state index in [0.717, 1.165) is 5.56 Å². The number of para-hydroxylation sites is 4. The Kier molecular flexibility index (Phi) is 5.94. The van der Waals surface area contributed by atoms with Gasteiger partial charge in [0.05, 0.1) is 12.8 Å². The van der Waals surface area contributed by atoms with Crippen LogP contribution >= 0.6 is 0 Å². The van der Waals surface area contributed by atoms with Gasteiger partial charge in [0.1, 0.15) is 5.75 Å². The Labute approximate surface area is 158 Å². The third-order valence-corrected chi connectivity index (χ3v) is 3.81. The smallest absolute Gasteiger partial charge is 0.262 e. The van der Waals surface area contributed by atoms with Crippen molar-refractivity contribution in [3.05, 3.63) is 78.4 Å². The van der Waals surface area contributed by atoms with Crippen LogP contribution in [0, 0.1) is 6.92 Å². The van der Waals surface area contributed by atoms with Gasteiger partial charge >= 0.3 is 0 Å². The molecule has 3 rings (SSSR count). The first-order chi connectivity index (χ1) is 13.2. The molecule has 0 bridgehead atoms. The quantitative estimate of drug-likeness (QED) is 0.654. The number of benzene rings is 3. The average Bonchev–Trinajstić information content (AvgIpc) is 2.68. The molecular weight excluding hydrogens is 342 g/mol. The minimum absolute atomic E-state index is 0.140. The van der Waals surface area contributed by atoms with Gasteiger partial charge in [0.25, 0.3) is 5.91 Å². The minimum atomic E-state index is -0.291. The molecule has 3 aromatic carbocycles. The van der Waals surface area contributed by atoms with Crippen molar-refractivity contribution in [1.82, 2.24) is 0 Å². The molecule has 0 spiro atoms. The van der Waals surface area contributed by atoms with E-state index in [1.807, 2.05) is 55.5 Å². The molecular formula is C22H21NO4. The van der Waals surface area contributed by atoms with Crippen LogP contribution in [0.15, 0.2) is 72.8 Å². The van der Waals surface area contributed by atoms with Gasteiger partial charge in [0, 0.05) is 0 Å². The summed E-state index contributed by atoms with van der Waals surface area (Å²) in [7, 11) is 1.56. The molecule has 0 aliphatic carbocycles. The topological polar surface area (TPSA) is 56.8 Å². The summed E-state index contributed by atoms with van der Waals surface area (Å²) in [5.41, 5.74) is 1.67. The lowest BCUT2D eigenvalue weighted by molar-refractivity contribution is -0.118. The molecule has 0 heterocycles. The fourth-order valence-electron chi connectivity index (χ4n) is 2.53. The van der Waals surface area contributed by atoms with Gasteiger partial charge in [0.15, 0.2) is 23.9 Å². The van der Waals surface area contributed by atoms with Crippen LogP contribution in [0.2, 0.25) is 0 Å². The number of carbonyl (C=O) groups excluding carboxylic acids is 1. The minimum Gasteiger partial charge on any atom is -0.493 e. The van der Waals surface area contributed by atoms with Crippen molar-refractivity contribution in [2.45, 2.75) is 6.92 Å². The number of nitrogens with one attached hydrogen (secondary N) is 1. The third-order valence-electron chi connectivity index (χ3n) is 3.81. The summed E-state index contributed by atoms with van der Waals surface area (Å²) in [6.07, 6.45) is 0. The van der Waals surface area contributed by atoms with Crippen LogP contribution < -0.4 is 19.5 Å². The number of carbonyl (C=O) groups is 1. The second-order valence-corrected chi connectivity index (χ2v) is 5.90. The van der Waals surface area contributed by atoms with Gasteiger partial charge in [-0.2, -0.15) is 0 Å². The zero-order valence-corrected chi connectivity index (χ0v) is 15.3. The lowest BCUT2D eigenvalue weighted by Crippen LogP contribution is -2.20. The first-order valence-electron chi connectivity index (χ1n) is 8.55. The Hall–Kier alpha value is -3.47. The van der Waals surface area contributed by atoms with Gasteiger partial charge in [-0.05, 0) is 48.9 Å². The van der Waals surface area contributed by atoms with E-state index in [0.29, 0.717) is 28.7 Å². The van der Waals surface area contributed by atoms with Crippen molar-refractivity contribution in [1.29, 1.82) is 0 Å². The monoisotopic (exact) mass is 363 g/mol. The van der Waals surface area contributed by atoms with Crippen LogP contribution in [0.5, 0.6) is 23.0 Å². The van der Waals surface area contributed by atoms with Crippen LogP contribution in [0.4, 0.5) is 5.69 Å². The Bertz CT molecular complexity index is 923. The van der Waals surface area contributed by atoms with Gasteiger partial charge in [-0.1, -0.05) is 36.4 Å². The maximum Gasteiger partial charge on any atom is 0.262 e. The highest BCUT2D eigenvalue weighted by Gasteiger charge is 2.11. The van der Waals surface area contributed by atoms with E-state index < -0.39 is 0 Å². The zero-order chi connectivity index (χ0) is 19.1. The zero-order valence-electron chi connectivity index (χ0n) is 15.3. The van der Waals surface area contributed by atoms with Crippen LogP contribution in [0.1, 0.15) is 5.56 Å². The summed E-state index contributed by atoms with van der Waals surface area (Å²) in [4.78, 5) is 12.3. The summed E-state index contributed by atoms with van der Waals surface area (Å²) < 4.78 is 16.7. The highest BCUT2D eigenvalue weighted by Crippen LogP contribution is 2.30. The van der Waals surface area contributed by atoms with E-state index in [1.54, 1.807) is 31.4 Å². The standard InChI is InChI=1S/C22H21NO4/c1-16-8-7-9-17(14-16)27-19-11-4-3-10-18(19)23-22(24)15-26-21-13-6-5-12-20(21)25-2/h3-14H,15H2,1-2H3,(H,23,24). The lowest BCUT2D eigenvalue weighted by atomic mass is 10.2. The normalized spacial score (nSPS) is 10.1. The molecule has 27 heavy (non-hydrogen) atoms. The first-order valence-corrected chi connectivity index (χ1v) is 8.55. The Morgan fingerprint density at radius 2 is 1.59 bits per heavy atom. The summed E-state index contributed by atoms with van der Waals surface area (Å²) in [5, 5.41) is 2.82. The van der Waals surface area contributed by atoms with E-state index in [4.69, 9.17) is 14.2 Å². The summed E-state index contributed by atoms with van der Waals surface area (Å²) in [6, 6.07) is 22.2.